The maximum atomic E-state index is 5.30. The molecule has 0 spiro atoms. The number of nitrogens with zero attached hydrogens (tertiary/aromatic N) is 3. The lowest BCUT2D eigenvalue weighted by atomic mass is 10.4. The molecule has 0 fully saturated rings. The second-order valence-electron chi connectivity index (χ2n) is 3.79. The van der Waals surface area contributed by atoms with Gasteiger partial charge in [0.1, 0.15) is 10.8 Å². The average molecular weight is 264 g/mol. The van der Waals surface area contributed by atoms with Gasteiger partial charge in [-0.05, 0) is 13.3 Å². The summed E-state index contributed by atoms with van der Waals surface area (Å²) >= 11 is 1.71. The van der Waals surface area contributed by atoms with Crippen LogP contribution in [0.5, 0.6) is 0 Å². The first-order valence-electron chi connectivity index (χ1n) is 5.71. The summed E-state index contributed by atoms with van der Waals surface area (Å²) in [5, 5.41) is 4.26. The zero-order valence-electron chi connectivity index (χ0n) is 10.4. The average Bonchev–Trinajstić information content (AvgIpc) is 2.83. The van der Waals surface area contributed by atoms with E-state index in [1.165, 1.54) is 4.88 Å². The van der Waals surface area contributed by atoms with Crippen molar-refractivity contribution in [3.63, 3.8) is 0 Å². The van der Waals surface area contributed by atoms with E-state index in [-0.39, 0.29) is 0 Å². The Morgan fingerprint density at radius 3 is 2.89 bits per heavy atom. The number of nitrogen functional groups attached to an aromatic ring is 1. The monoisotopic (exact) mass is 264 g/mol. The van der Waals surface area contributed by atoms with Crippen LogP contribution in [0.2, 0.25) is 0 Å². The molecule has 0 aromatic carbocycles. The third kappa shape index (κ3) is 3.14. The van der Waals surface area contributed by atoms with Gasteiger partial charge in [0.25, 0.3) is 0 Å². The summed E-state index contributed by atoms with van der Waals surface area (Å²) in [4.78, 5) is 14.0. The fourth-order valence-electron chi connectivity index (χ4n) is 1.48. The predicted octanol–water partition coefficient (Wildman–Crippen LogP) is 1.70. The summed E-state index contributed by atoms with van der Waals surface area (Å²) in [6.45, 7) is 4.68. The van der Waals surface area contributed by atoms with Crippen molar-refractivity contribution in [1.82, 2.24) is 15.0 Å². The molecule has 7 heteroatoms. The largest absolute Gasteiger partial charge is 0.363 e. The molecular formula is C11H16N6S. The Bertz CT molecular complexity index is 524. The molecule has 2 heterocycles. The van der Waals surface area contributed by atoms with E-state index in [2.05, 4.69) is 32.6 Å². The van der Waals surface area contributed by atoms with E-state index in [0.29, 0.717) is 12.5 Å². The van der Waals surface area contributed by atoms with Crippen LogP contribution in [0.25, 0.3) is 0 Å². The van der Waals surface area contributed by atoms with Crippen molar-refractivity contribution in [2.24, 2.45) is 5.84 Å². The van der Waals surface area contributed by atoms with Crippen molar-refractivity contribution in [2.45, 2.75) is 26.8 Å². The second kappa shape index (κ2) is 5.74. The Morgan fingerprint density at radius 2 is 2.22 bits per heavy atom. The van der Waals surface area contributed by atoms with Crippen LogP contribution in [-0.4, -0.2) is 15.0 Å². The third-order valence-electron chi connectivity index (χ3n) is 2.35. The molecule has 0 unspecified atom stereocenters. The molecule has 0 saturated carbocycles. The maximum absolute atomic E-state index is 5.30. The normalized spacial score (nSPS) is 10.4. The molecule has 0 aliphatic carbocycles. The number of nitrogens with two attached hydrogens (primary N) is 1. The van der Waals surface area contributed by atoms with Gasteiger partial charge >= 0.3 is 0 Å². The summed E-state index contributed by atoms with van der Waals surface area (Å²) in [7, 11) is 0. The lowest BCUT2D eigenvalue weighted by Crippen LogP contribution is -2.12. The van der Waals surface area contributed by atoms with Crippen molar-refractivity contribution >= 4 is 23.1 Å². The lowest BCUT2D eigenvalue weighted by molar-refractivity contribution is 1.03. The number of hydrazine groups is 1. The molecule has 2 rings (SSSR count). The summed E-state index contributed by atoms with van der Waals surface area (Å²) in [5.41, 5.74) is 3.30. The second-order valence-corrected chi connectivity index (χ2v) is 4.99. The van der Waals surface area contributed by atoms with E-state index in [1.807, 2.05) is 19.2 Å². The molecule has 0 amide bonds. The van der Waals surface area contributed by atoms with Crippen LogP contribution >= 0.6 is 11.3 Å². The highest BCUT2D eigenvalue weighted by Crippen LogP contribution is 2.15. The molecule has 4 N–H and O–H groups in total. The highest BCUT2D eigenvalue weighted by atomic mass is 32.1. The van der Waals surface area contributed by atoms with Crippen LogP contribution < -0.4 is 16.6 Å². The van der Waals surface area contributed by atoms with Gasteiger partial charge in [0.2, 0.25) is 5.95 Å². The predicted molar refractivity (Wildman–Crippen MR) is 73.4 cm³/mol. The fraction of sp³-hybridized carbons (Fsp3) is 0.364. The number of hydrogen-bond donors (Lipinski definition) is 3. The summed E-state index contributed by atoms with van der Waals surface area (Å²) in [6, 6.07) is 1.87. The first kappa shape index (κ1) is 12.7. The van der Waals surface area contributed by atoms with Crippen LogP contribution in [0.3, 0.4) is 0 Å². The lowest BCUT2D eigenvalue weighted by Gasteiger charge is -2.06. The van der Waals surface area contributed by atoms with Gasteiger partial charge in [-0.2, -0.15) is 4.98 Å². The molecule has 6 nitrogen and oxygen atoms in total. The molecule has 2 aromatic rings. The minimum atomic E-state index is 0.408. The fourth-order valence-corrected chi connectivity index (χ4v) is 2.29. The van der Waals surface area contributed by atoms with Gasteiger partial charge in [0.05, 0.1) is 6.54 Å². The molecule has 18 heavy (non-hydrogen) atoms. The molecule has 0 aliphatic rings. The number of nitrogens with one attached hydrogen (secondary N) is 2. The van der Waals surface area contributed by atoms with Crippen molar-refractivity contribution in [1.29, 1.82) is 0 Å². The standard InChI is InChI=1S/C11H16N6S/c1-3-8-5-14-10(18-8)6-13-9-4-7(2)15-11(16-9)17-12/h4-5H,3,6,12H2,1-2H3,(H2,13,15,16,17). The molecular weight excluding hydrogens is 248 g/mol. The van der Waals surface area contributed by atoms with Gasteiger partial charge in [0.15, 0.2) is 0 Å². The van der Waals surface area contributed by atoms with E-state index >= 15 is 0 Å². The minimum absolute atomic E-state index is 0.408. The van der Waals surface area contributed by atoms with Crippen molar-refractivity contribution in [3.8, 4) is 0 Å². The van der Waals surface area contributed by atoms with Crippen molar-refractivity contribution in [2.75, 3.05) is 10.7 Å². The number of anilines is 2. The number of hydrogen-bond acceptors (Lipinski definition) is 7. The number of thiazole rings is 1. The maximum Gasteiger partial charge on any atom is 0.239 e. The molecule has 0 radical (unpaired) electrons. The zero-order valence-corrected chi connectivity index (χ0v) is 11.2. The van der Waals surface area contributed by atoms with E-state index in [9.17, 15) is 0 Å². The Kier molecular flexibility index (Phi) is 4.06. The van der Waals surface area contributed by atoms with Crippen molar-refractivity contribution < 1.29 is 0 Å². The van der Waals surface area contributed by atoms with Gasteiger partial charge in [-0.3, -0.25) is 5.43 Å². The van der Waals surface area contributed by atoms with E-state index < -0.39 is 0 Å². The molecule has 2 aromatic heterocycles. The van der Waals surface area contributed by atoms with E-state index in [1.54, 1.807) is 11.3 Å². The van der Waals surface area contributed by atoms with Crippen LogP contribution in [0, 0.1) is 6.92 Å². The Labute approximate surface area is 110 Å². The molecule has 96 valence electrons. The SMILES string of the molecule is CCc1cnc(CNc2cc(C)nc(NN)n2)s1. The molecule has 0 aliphatic heterocycles. The van der Waals surface area contributed by atoms with Crippen molar-refractivity contribution in [3.05, 3.63) is 27.8 Å². The van der Waals surface area contributed by atoms with Gasteiger partial charge < -0.3 is 5.32 Å². The molecule has 0 atom stereocenters. The number of aromatic nitrogens is 3. The smallest absolute Gasteiger partial charge is 0.239 e. The molecule has 0 bridgehead atoms. The van der Waals surface area contributed by atoms with Crippen LogP contribution in [0.1, 0.15) is 22.5 Å². The van der Waals surface area contributed by atoms with E-state index in [4.69, 9.17) is 5.84 Å². The van der Waals surface area contributed by atoms with Crippen LogP contribution in [-0.2, 0) is 13.0 Å². The summed E-state index contributed by atoms with van der Waals surface area (Å²) in [6.07, 6.45) is 2.94. The van der Waals surface area contributed by atoms with Gasteiger partial charge in [0, 0.05) is 22.8 Å². The Balaban J connectivity index is 2.03. The zero-order chi connectivity index (χ0) is 13.0. The highest BCUT2D eigenvalue weighted by Gasteiger charge is 2.03. The molecule has 0 saturated heterocycles. The van der Waals surface area contributed by atoms with Crippen LogP contribution in [0.4, 0.5) is 11.8 Å². The Hall–Kier alpha value is -1.73. The summed E-state index contributed by atoms with van der Waals surface area (Å²) in [5.74, 6) is 6.45. The number of rotatable bonds is 5. The summed E-state index contributed by atoms with van der Waals surface area (Å²) < 4.78 is 0. The topological polar surface area (TPSA) is 88.8 Å². The van der Waals surface area contributed by atoms with E-state index in [0.717, 1.165) is 22.9 Å². The minimum Gasteiger partial charge on any atom is -0.363 e. The Morgan fingerprint density at radius 1 is 1.39 bits per heavy atom. The third-order valence-corrected chi connectivity index (χ3v) is 3.50. The number of aryl methyl sites for hydroxylation is 2. The van der Waals surface area contributed by atoms with Gasteiger partial charge in [-0.1, -0.05) is 6.92 Å². The highest BCUT2D eigenvalue weighted by molar-refractivity contribution is 7.11. The van der Waals surface area contributed by atoms with Gasteiger partial charge in [-0.25, -0.2) is 15.8 Å². The first-order valence-corrected chi connectivity index (χ1v) is 6.52. The quantitative estimate of drug-likeness (QED) is 0.562. The first-order chi connectivity index (χ1) is 8.71. The van der Waals surface area contributed by atoms with Gasteiger partial charge in [-0.15, -0.1) is 11.3 Å². The van der Waals surface area contributed by atoms with Crippen LogP contribution in [0.15, 0.2) is 12.3 Å².